The second-order valence-electron chi connectivity index (χ2n) is 4.52. The van der Waals surface area contributed by atoms with Crippen molar-refractivity contribution in [3.05, 3.63) is 0 Å². The van der Waals surface area contributed by atoms with Crippen molar-refractivity contribution in [1.82, 2.24) is 5.32 Å². The van der Waals surface area contributed by atoms with Crippen molar-refractivity contribution in [2.24, 2.45) is 5.92 Å². The summed E-state index contributed by atoms with van der Waals surface area (Å²) in [6, 6.07) is 0. The van der Waals surface area contributed by atoms with Crippen LogP contribution in [0.3, 0.4) is 0 Å². The molecule has 0 radical (unpaired) electrons. The van der Waals surface area contributed by atoms with Gasteiger partial charge in [-0.25, -0.2) is 4.79 Å². The van der Waals surface area contributed by atoms with Crippen molar-refractivity contribution in [3.63, 3.8) is 0 Å². The quantitative estimate of drug-likeness (QED) is 0.558. The number of nitrogens with one attached hydrogen (secondary N) is 1. The molecule has 0 aromatic carbocycles. The highest BCUT2D eigenvalue weighted by Crippen LogP contribution is 2.26. The van der Waals surface area contributed by atoms with Gasteiger partial charge in [0, 0.05) is 6.42 Å². The van der Waals surface area contributed by atoms with E-state index in [0.29, 0.717) is 12.3 Å². The normalized spacial score (nSPS) is 15.6. The highest BCUT2D eigenvalue weighted by Gasteiger charge is 2.18. The number of rotatable bonds is 6. The summed E-state index contributed by atoms with van der Waals surface area (Å²) >= 11 is 0. The van der Waals surface area contributed by atoms with Crippen LogP contribution in [0, 0.1) is 5.92 Å². The predicted molar refractivity (Wildman–Crippen MR) is 64.3 cm³/mol. The molecule has 7 heteroatoms. The Morgan fingerprint density at radius 1 is 1.11 bits per heavy atom. The van der Waals surface area contributed by atoms with E-state index in [4.69, 9.17) is 9.84 Å². The van der Waals surface area contributed by atoms with Crippen molar-refractivity contribution in [2.45, 2.75) is 38.5 Å². The summed E-state index contributed by atoms with van der Waals surface area (Å²) in [4.78, 5) is 32.5. The number of ether oxygens (including phenoxy) is 2. The summed E-state index contributed by atoms with van der Waals surface area (Å²) in [5.41, 5.74) is 0. The fourth-order valence-electron chi connectivity index (χ4n) is 2.03. The molecule has 0 spiro atoms. The Morgan fingerprint density at radius 2 is 1.79 bits per heavy atom. The smallest absolute Gasteiger partial charge is 0.410 e. The minimum Gasteiger partial charge on any atom is -0.480 e. The van der Waals surface area contributed by atoms with Crippen molar-refractivity contribution >= 4 is 18.0 Å². The van der Waals surface area contributed by atoms with Gasteiger partial charge in [0.1, 0.15) is 6.54 Å². The van der Waals surface area contributed by atoms with E-state index in [9.17, 15) is 14.4 Å². The monoisotopic (exact) mass is 273 g/mol. The molecule has 1 aliphatic carbocycles. The molecule has 7 nitrogen and oxygen atoms in total. The number of carboxylic acid groups (broad SMARTS) is 1. The molecule has 0 saturated heterocycles. The van der Waals surface area contributed by atoms with Crippen LogP contribution in [0.1, 0.15) is 38.5 Å². The molecular formula is C12H19NO6. The summed E-state index contributed by atoms with van der Waals surface area (Å²) in [5, 5.41) is 10.3. The van der Waals surface area contributed by atoms with Gasteiger partial charge in [-0.3, -0.25) is 9.59 Å². The van der Waals surface area contributed by atoms with Gasteiger partial charge in [0.25, 0.3) is 0 Å². The van der Waals surface area contributed by atoms with Gasteiger partial charge in [-0.15, -0.1) is 0 Å². The van der Waals surface area contributed by atoms with E-state index >= 15 is 0 Å². The third-order valence-electron chi connectivity index (χ3n) is 2.97. The van der Waals surface area contributed by atoms with Crippen molar-refractivity contribution < 1.29 is 29.0 Å². The van der Waals surface area contributed by atoms with Crippen LogP contribution in [0.4, 0.5) is 4.79 Å². The molecule has 19 heavy (non-hydrogen) atoms. The highest BCUT2D eigenvalue weighted by atomic mass is 16.7. The van der Waals surface area contributed by atoms with Crippen LogP contribution in [-0.4, -0.2) is 36.5 Å². The van der Waals surface area contributed by atoms with E-state index in [0.717, 1.165) is 25.7 Å². The van der Waals surface area contributed by atoms with E-state index in [1.54, 1.807) is 0 Å². The third kappa shape index (κ3) is 7.28. The molecule has 0 bridgehead atoms. The molecule has 1 aliphatic rings. The maximum Gasteiger partial charge on any atom is 0.410 e. The highest BCUT2D eigenvalue weighted by molar-refractivity contribution is 5.76. The van der Waals surface area contributed by atoms with Gasteiger partial charge in [0.15, 0.2) is 0 Å². The summed E-state index contributed by atoms with van der Waals surface area (Å²) in [5.74, 6) is -1.20. The molecule has 1 amide bonds. The zero-order valence-corrected chi connectivity index (χ0v) is 10.7. The number of esters is 1. The number of aliphatic carboxylic acids is 1. The minimum atomic E-state index is -1.17. The number of carbonyl (C=O) groups is 3. The summed E-state index contributed by atoms with van der Waals surface area (Å²) in [7, 11) is 0. The Bertz CT molecular complexity index is 324. The molecule has 1 rings (SSSR count). The Hall–Kier alpha value is -1.79. The second-order valence-corrected chi connectivity index (χ2v) is 4.52. The number of hydrogen-bond acceptors (Lipinski definition) is 5. The SMILES string of the molecule is O=C(O)CNC(=O)OCOC(=O)CC1CCCCC1. The van der Waals surface area contributed by atoms with E-state index in [2.05, 4.69) is 4.74 Å². The van der Waals surface area contributed by atoms with Crippen LogP contribution < -0.4 is 5.32 Å². The van der Waals surface area contributed by atoms with Crippen LogP contribution in [0.5, 0.6) is 0 Å². The molecule has 108 valence electrons. The topological polar surface area (TPSA) is 102 Å². The standard InChI is InChI=1S/C12H19NO6/c14-10(15)7-13-12(17)19-8-18-11(16)6-9-4-2-1-3-5-9/h9H,1-8H2,(H,13,17)(H,14,15). The van der Waals surface area contributed by atoms with Gasteiger partial charge in [-0.2, -0.15) is 0 Å². The van der Waals surface area contributed by atoms with Crippen LogP contribution in [0.15, 0.2) is 0 Å². The zero-order chi connectivity index (χ0) is 14.1. The van der Waals surface area contributed by atoms with Gasteiger partial charge in [-0.1, -0.05) is 19.3 Å². The Morgan fingerprint density at radius 3 is 2.42 bits per heavy atom. The molecule has 0 aromatic rings. The molecule has 0 aromatic heterocycles. The van der Waals surface area contributed by atoms with Crippen LogP contribution >= 0.6 is 0 Å². The summed E-state index contributed by atoms with van der Waals surface area (Å²) in [6.07, 6.45) is 5.01. The lowest BCUT2D eigenvalue weighted by Crippen LogP contribution is -2.30. The lowest BCUT2D eigenvalue weighted by Gasteiger charge is -2.20. The number of carboxylic acids is 1. The largest absolute Gasteiger partial charge is 0.480 e. The fourth-order valence-corrected chi connectivity index (χ4v) is 2.03. The number of carbonyl (C=O) groups excluding carboxylic acids is 2. The van der Waals surface area contributed by atoms with E-state index in [1.807, 2.05) is 5.32 Å². The van der Waals surface area contributed by atoms with E-state index in [1.165, 1.54) is 6.42 Å². The molecule has 0 aliphatic heterocycles. The fraction of sp³-hybridized carbons (Fsp3) is 0.750. The van der Waals surface area contributed by atoms with Crippen molar-refractivity contribution in [1.29, 1.82) is 0 Å². The predicted octanol–water partition coefficient (Wildman–Crippen LogP) is 1.27. The average Bonchev–Trinajstić information content (AvgIpc) is 2.37. The molecule has 0 atom stereocenters. The van der Waals surface area contributed by atoms with Crippen LogP contribution in [0.2, 0.25) is 0 Å². The number of hydrogen-bond donors (Lipinski definition) is 2. The maximum atomic E-state index is 11.4. The maximum absolute atomic E-state index is 11.4. The first-order chi connectivity index (χ1) is 9.08. The van der Waals surface area contributed by atoms with Crippen LogP contribution in [-0.2, 0) is 19.1 Å². The Balaban J connectivity index is 2.06. The van der Waals surface area contributed by atoms with Gasteiger partial charge in [0.2, 0.25) is 6.79 Å². The van der Waals surface area contributed by atoms with Gasteiger partial charge < -0.3 is 19.9 Å². The molecule has 1 saturated carbocycles. The molecule has 2 N–H and O–H groups in total. The average molecular weight is 273 g/mol. The summed E-state index contributed by atoms with van der Waals surface area (Å²) in [6.45, 7) is -1.02. The number of alkyl carbamates (subject to hydrolysis) is 1. The lowest BCUT2D eigenvalue weighted by molar-refractivity contribution is -0.153. The first kappa shape index (κ1) is 15.3. The van der Waals surface area contributed by atoms with Crippen LogP contribution in [0.25, 0.3) is 0 Å². The first-order valence-electron chi connectivity index (χ1n) is 6.36. The molecular weight excluding hydrogens is 254 g/mol. The Labute approximate surface area is 111 Å². The van der Waals surface area contributed by atoms with Crippen molar-refractivity contribution in [2.75, 3.05) is 13.3 Å². The second kappa shape index (κ2) is 8.34. The minimum absolute atomic E-state index is 0.347. The van der Waals surface area contributed by atoms with E-state index < -0.39 is 31.4 Å². The molecule has 1 fully saturated rings. The van der Waals surface area contributed by atoms with Gasteiger partial charge in [0.05, 0.1) is 0 Å². The third-order valence-corrected chi connectivity index (χ3v) is 2.97. The Kier molecular flexibility index (Phi) is 6.70. The summed E-state index contributed by atoms with van der Waals surface area (Å²) < 4.78 is 9.25. The molecule has 0 unspecified atom stereocenters. The zero-order valence-electron chi connectivity index (χ0n) is 10.7. The van der Waals surface area contributed by atoms with Gasteiger partial charge in [-0.05, 0) is 18.8 Å². The number of amides is 1. The van der Waals surface area contributed by atoms with Crippen molar-refractivity contribution in [3.8, 4) is 0 Å². The van der Waals surface area contributed by atoms with Gasteiger partial charge >= 0.3 is 18.0 Å². The van der Waals surface area contributed by atoms with E-state index in [-0.39, 0.29) is 0 Å². The lowest BCUT2D eigenvalue weighted by atomic mass is 9.87. The first-order valence-corrected chi connectivity index (χ1v) is 6.36. The molecule has 0 heterocycles.